The quantitative estimate of drug-likeness (QED) is 0.846. The Kier molecular flexibility index (Phi) is 4.35. The van der Waals surface area contributed by atoms with Gasteiger partial charge in [-0.1, -0.05) is 27.5 Å². The van der Waals surface area contributed by atoms with Crippen molar-refractivity contribution in [3.8, 4) is 0 Å². The van der Waals surface area contributed by atoms with E-state index in [-0.39, 0.29) is 11.8 Å². The molecule has 3 nitrogen and oxygen atoms in total. The van der Waals surface area contributed by atoms with Gasteiger partial charge < -0.3 is 4.74 Å². The molecule has 1 amide bonds. The Morgan fingerprint density at radius 2 is 2.33 bits per heavy atom. The molecule has 0 aliphatic heterocycles. The molecule has 0 atom stereocenters. The second-order valence-electron chi connectivity index (χ2n) is 2.75. The standard InChI is InChI=1S/C9H8BrClFNO2/c1-5-2-8(7(12)3-6(5)10)13-9(14)15-4-11/h2-3H,4H2,1H3,(H,13,14). The molecule has 0 aliphatic rings. The molecule has 0 unspecified atom stereocenters. The average Bonchev–Trinajstić information content (AvgIpc) is 2.14. The van der Waals surface area contributed by atoms with E-state index >= 15 is 0 Å². The van der Waals surface area contributed by atoms with Crippen LogP contribution in [0.3, 0.4) is 0 Å². The number of halogens is 3. The molecule has 15 heavy (non-hydrogen) atoms. The van der Waals surface area contributed by atoms with E-state index < -0.39 is 11.9 Å². The molecular weight excluding hydrogens is 288 g/mol. The molecule has 6 heteroatoms. The molecule has 0 radical (unpaired) electrons. The fraction of sp³-hybridized carbons (Fsp3) is 0.222. The Morgan fingerprint density at radius 1 is 1.67 bits per heavy atom. The molecule has 1 rings (SSSR count). The summed E-state index contributed by atoms with van der Waals surface area (Å²) >= 11 is 8.35. The van der Waals surface area contributed by atoms with Gasteiger partial charge in [-0.2, -0.15) is 0 Å². The summed E-state index contributed by atoms with van der Waals surface area (Å²) in [6.07, 6.45) is -0.786. The Morgan fingerprint density at radius 3 is 2.93 bits per heavy atom. The molecule has 0 fully saturated rings. The number of aryl methyl sites for hydroxylation is 1. The van der Waals surface area contributed by atoms with E-state index in [1.807, 2.05) is 0 Å². The molecule has 82 valence electrons. The van der Waals surface area contributed by atoms with Crippen molar-refractivity contribution in [2.45, 2.75) is 6.92 Å². The van der Waals surface area contributed by atoms with E-state index in [0.29, 0.717) is 4.47 Å². The Labute approximate surface area is 99.7 Å². The van der Waals surface area contributed by atoms with Crippen LogP contribution < -0.4 is 5.32 Å². The van der Waals surface area contributed by atoms with Crippen molar-refractivity contribution >= 4 is 39.3 Å². The minimum Gasteiger partial charge on any atom is -0.433 e. The van der Waals surface area contributed by atoms with Gasteiger partial charge in [0.25, 0.3) is 0 Å². The number of benzene rings is 1. The summed E-state index contributed by atoms with van der Waals surface area (Å²) in [6, 6.07) is 2.49. The number of hydrogen-bond donors (Lipinski definition) is 1. The molecule has 0 bridgehead atoms. The lowest BCUT2D eigenvalue weighted by Gasteiger charge is -2.07. The van der Waals surface area contributed by atoms with Gasteiger partial charge in [-0.05, 0) is 24.6 Å². The maximum Gasteiger partial charge on any atom is 0.412 e. The highest BCUT2D eigenvalue weighted by Gasteiger charge is 2.09. The average molecular weight is 297 g/mol. The summed E-state index contributed by atoms with van der Waals surface area (Å²) in [5, 5.41) is 2.24. The van der Waals surface area contributed by atoms with Gasteiger partial charge in [-0.3, -0.25) is 5.32 Å². The van der Waals surface area contributed by atoms with E-state index in [2.05, 4.69) is 26.0 Å². The lowest BCUT2D eigenvalue weighted by molar-refractivity contribution is 0.180. The molecule has 0 saturated heterocycles. The SMILES string of the molecule is Cc1cc(NC(=O)OCCl)c(F)cc1Br. The molecule has 0 spiro atoms. The van der Waals surface area contributed by atoms with E-state index in [0.717, 1.165) is 5.56 Å². The van der Waals surface area contributed by atoms with Crippen molar-refractivity contribution in [3.63, 3.8) is 0 Å². The van der Waals surface area contributed by atoms with Crippen molar-refractivity contribution in [2.75, 3.05) is 11.4 Å². The zero-order chi connectivity index (χ0) is 11.4. The van der Waals surface area contributed by atoms with Crippen LogP contribution in [0.15, 0.2) is 16.6 Å². The van der Waals surface area contributed by atoms with Gasteiger partial charge in [-0.25, -0.2) is 9.18 Å². The molecule has 1 N–H and O–H groups in total. The maximum absolute atomic E-state index is 13.3. The predicted molar refractivity (Wildman–Crippen MR) is 59.7 cm³/mol. The van der Waals surface area contributed by atoms with Gasteiger partial charge in [0.1, 0.15) is 5.82 Å². The third-order valence-corrected chi connectivity index (χ3v) is 2.63. The Hall–Kier alpha value is -0.810. The van der Waals surface area contributed by atoms with Crippen LogP contribution in [-0.4, -0.2) is 12.2 Å². The van der Waals surface area contributed by atoms with Gasteiger partial charge in [0, 0.05) is 4.47 Å². The van der Waals surface area contributed by atoms with Crippen LogP contribution in [0.5, 0.6) is 0 Å². The van der Waals surface area contributed by atoms with Gasteiger partial charge in [0.15, 0.2) is 6.07 Å². The minimum atomic E-state index is -0.786. The van der Waals surface area contributed by atoms with Gasteiger partial charge >= 0.3 is 6.09 Å². The number of carbonyl (C=O) groups excluding carboxylic acids is 1. The number of rotatable bonds is 2. The summed E-state index contributed by atoms with van der Waals surface area (Å²) < 4.78 is 18.3. The number of amides is 1. The maximum atomic E-state index is 13.3. The van der Waals surface area contributed by atoms with Crippen molar-refractivity contribution in [1.29, 1.82) is 0 Å². The van der Waals surface area contributed by atoms with E-state index in [1.54, 1.807) is 6.92 Å². The van der Waals surface area contributed by atoms with Crippen molar-refractivity contribution in [3.05, 3.63) is 28.0 Å². The number of carbonyl (C=O) groups is 1. The highest BCUT2D eigenvalue weighted by molar-refractivity contribution is 9.10. The van der Waals surface area contributed by atoms with E-state index in [9.17, 15) is 9.18 Å². The first-order chi connectivity index (χ1) is 7.04. The van der Waals surface area contributed by atoms with Crippen LogP contribution in [0.25, 0.3) is 0 Å². The van der Waals surface area contributed by atoms with Crippen LogP contribution in [0.4, 0.5) is 14.9 Å². The number of alkyl halides is 1. The Balaban J connectivity index is 2.86. The third-order valence-electron chi connectivity index (χ3n) is 1.67. The van der Waals surface area contributed by atoms with Crippen LogP contribution >= 0.6 is 27.5 Å². The highest BCUT2D eigenvalue weighted by Crippen LogP contribution is 2.23. The van der Waals surface area contributed by atoms with Crippen LogP contribution in [0.1, 0.15) is 5.56 Å². The fourth-order valence-corrected chi connectivity index (χ4v) is 1.36. The topological polar surface area (TPSA) is 38.3 Å². The second kappa shape index (κ2) is 5.32. The highest BCUT2D eigenvalue weighted by atomic mass is 79.9. The number of nitrogens with one attached hydrogen (secondary N) is 1. The summed E-state index contributed by atoms with van der Waals surface area (Å²) in [5.74, 6) is -0.543. The first kappa shape index (κ1) is 12.3. The molecule has 1 aromatic carbocycles. The van der Waals surface area contributed by atoms with Crippen molar-refractivity contribution in [2.24, 2.45) is 0 Å². The van der Waals surface area contributed by atoms with Gasteiger partial charge in [-0.15, -0.1) is 0 Å². The lowest BCUT2D eigenvalue weighted by Crippen LogP contribution is -2.13. The van der Waals surface area contributed by atoms with Crippen molar-refractivity contribution in [1.82, 2.24) is 0 Å². The van der Waals surface area contributed by atoms with Gasteiger partial charge in [0.05, 0.1) is 5.69 Å². The lowest BCUT2D eigenvalue weighted by atomic mass is 10.2. The van der Waals surface area contributed by atoms with Gasteiger partial charge in [0.2, 0.25) is 0 Å². The third kappa shape index (κ3) is 3.35. The monoisotopic (exact) mass is 295 g/mol. The summed E-state index contributed by atoms with van der Waals surface area (Å²) in [5.41, 5.74) is 0.864. The molecule has 0 heterocycles. The number of hydrogen-bond acceptors (Lipinski definition) is 2. The molecule has 0 aromatic heterocycles. The molecule has 1 aromatic rings. The normalized spacial score (nSPS) is 9.87. The molecule has 0 aliphatic carbocycles. The van der Waals surface area contributed by atoms with E-state index in [4.69, 9.17) is 11.6 Å². The first-order valence-electron chi connectivity index (χ1n) is 4.00. The smallest absolute Gasteiger partial charge is 0.412 e. The van der Waals surface area contributed by atoms with Crippen LogP contribution in [-0.2, 0) is 4.74 Å². The molecule has 0 saturated carbocycles. The fourth-order valence-electron chi connectivity index (χ4n) is 0.949. The van der Waals surface area contributed by atoms with E-state index in [1.165, 1.54) is 12.1 Å². The Bertz CT molecular complexity index is 387. The summed E-state index contributed by atoms with van der Waals surface area (Å²) in [7, 11) is 0. The summed E-state index contributed by atoms with van der Waals surface area (Å²) in [6.45, 7) is 1.78. The number of anilines is 1. The molecular formula is C9H8BrClFNO2. The zero-order valence-corrected chi connectivity index (χ0v) is 10.2. The predicted octanol–water partition coefficient (Wildman–Crippen LogP) is 3.64. The summed E-state index contributed by atoms with van der Waals surface area (Å²) in [4.78, 5) is 11.0. The number of ether oxygens (including phenoxy) is 1. The minimum absolute atomic E-state index is 0.0609. The van der Waals surface area contributed by atoms with Crippen LogP contribution in [0.2, 0.25) is 0 Å². The van der Waals surface area contributed by atoms with Crippen LogP contribution in [0, 0.1) is 12.7 Å². The second-order valence-corrected chi connectivity index (χ2v) is 3.82. The van der Waals surface area contributed by atoms with Crippen molar-refractivity contribution < 1.29 is 13.9 Å². The first-order valence-corrected chi connectivity index (χ1v) is 5.32. The zero-order valence-electron chi connectivity index (χ0n) is 7.81. The largest absolute Gasteiger partial charge is 0.433 e.